The SMILES string of the molecule is COc1ccc(CC(=O)N(C)CCC2=CCCCC2)cc1. The lowest BCUT2D eigenvalue weighted by Gasteiger charge is -2.19. The van der Waals surface area contributed by atoms with Crippen molar-refractivity contribution in [1.82, 2.24) is 4.90 Å². The third-order valence-corrected chi connectivity index (χ3v) is 4.09. The summed E-state index contributed by atoms with van der Waals surface area (Å²) in [5.41, 5.74) is 2.55. The summed E-state index contributed by atoms with van der Waals surface area (Å²) in [6.45, 7) is 0.820. The molecule has 1 aliphatic rings. The Hall–Kier alpha value is -1.77. The van der Waals surface area contributed by atoms with Gasteiger partial charge in [0, 0.05) is 13.6 Å². The fraction of sp³-hybridized carbons (Fsp3) is 0.500. The molecule has 0 saturated heterocycles. The van der Waals surface area contributed by atoms with E-state index in [2.05, 4.69) is 6.08 Å². The van der Waals surface area contributed by atoms with Gasteiger partial charge in [0.2, 0.25) is 5.91 Å². The number of benzene rings is 1. The van der Waals surface area contributed by atoms with Crippen LogP contribution in [-0.4, -0.2) is 31.5 Å². The second-order valence-corrected chi connectivity index (χ2v) is 5.70. The molecule has 21 heavy (non-hydrogen) atoms. The van der Waals surface area contributed by atoms with Crippen molar-refractivity contribution >= 4 is 5.91 Å². The maximum Gasteiger partial charge on any atom is 0.226 e. The molecule has 3 nitrogen and oxygen atoms in total. The van der Waals surface area contributed by atoms with E-state index in [9.17, 15) is 4.79 Å². The number of hydrogen-bond acceptors (Lipinski definition) is 2. The molecule has 0 fully saturated rings. The van der Waals surface area contributed by atoms with Crippen molar-refractivity contribution in [2.45, 2.75) is 38.5 Å². The molecule has 0 radical (unpaired) electrons. The van der Waals surface area contributed by atoms with Crippen molar-refractivity contribution < 1.29 is 9.53 Å². The molecular formula is C18H25NO2. The first-order chi connectivity index (χ1) is 10.2. The van der Waals surface area contributed by atoms with Crippen molar-refractivity contribution in [2.75, 3.05) is 20.7 Å². The van der Waals surface area contributed by atoms with Gasteiger partial charge in [-0.15, -0.1) is 0 Å². The number of amides is 1. The Labute approximate surface area is 127 Å². The molecule has 2 rings (SSSR count). The number of nitrogens with zero attached hydrogens (tertiary/aromatic N) is 1. The molecule has 3 heteroatoms. The normalized spacial score (nSPS) is 14.5. The second-order valence-electron chi connectivity index (χ2n) is 5.70. The van der Waals surface area contributed by atoms with Gasteiger partial charge in [0.25, 0.3) is 0 Å². The van der Waals surface area contributed by atoms with E-state index in [1.807, 2.05) is 36.2 Å². The molecule has 1 aliphatic carbocycles. The predicted octanol–water partition coefficient (Wildman–Crippen LogP) is 3.59. The Morgan fingerprint density at radius 3 is 2.62 bits per heavy atom. The molecule has 0 bridgehead atoms. The van der Waals surface area contributed by atoms with E-state index in [0.717, 1.165) is 24.3 Å². The predicted molar refractivity (Wildman–Crippen MR) is 85.5 cm³/mol. The van der Waals surface area contributed by atoms with Gasteiger partial charge in [-0.1, -0.05) is 23.8 Å². The van der Waals surface area contributed by atoms with Gasteiger partial charge in [0.1, 0.15) is 5.75 Å². The van der Waals surface area contributed by atoms with Crippen LogP contribution in [0.5, 0.6) is 5.75 Å². The zero-order valence-electron chi connectivity index (χ0n) is 13.1. The van der Waals surface area contributed by atoms with Gasteiger partial charge in [0.05, 0.1) is 13.5 Å². The summed E-state index contributed by atoms with van der Waals surface area (Å²) < 4.78 is 5.13. The summed E-state index contributed by atoms with van der Waals surface area (Å²) in [6.07, 6.45) is 8.86. The van der Waals surface area contributed by atoms with Gasteiger partial charge in [-0.3, -0.25) is 4.79 Å². The van der Waals surface area contributed by atoms with Gasteiger partial charge in [-0.2, -0.15) is 0 Å². The van der Waals surface area contributed by atoms with E-state index in [1.165, 1.54) is 31.3 Å². The minimum atomic E-state index is 0.177. The maximum atomic E-state index is 12.2. The van der Waals surface area contributed by atoms with E-state index in [0.29, 0.717) is 6.42 Å². The van der Waals surface area contributed by atoms with Gasteiger partial charge in [-0.05, 0) is 49.8 Å². The minimum Gasteiger partial charge on any atom is -0.497 e. The molecule has 0 atom stereocenters. The summed E-state index contributed by atoms with van der Waals surface area (Å²) in [5.74, 6) is 1.00. The van der Waals surface area contributed by atoms with Crippen molar-refractivity contribution in [1.29, 1.82) is 0 Å². The standard InChI is InChI=1S/C18H25NO2/c1-19(13-12-15-6-4-3-5-7-15)18(20)14-16-8-10-17(21-2)11-9-16/h6,8-11H,3-5,7,12-14H2,1-2H3. The van der Waals surface area contributed by atoms with Crippen molar-refractivity contribution in [3.05, 3.63) is 41.5 Å². The summed E-state index contributed by atoms with van der Waals surface area (Å²) in [7, 11) is 3.54. The highest BCUT2D eigenvalue weighted by molar-refractivity contribution is 5.78. The Kier molecular flexibility index (Phi) is 5.85. The van der Waals surface area contributed by atoms with Crippen LogP contribution in [0.1, 0.15) is 37.7 Å². The molecule has 1 aromatic rings. The second kappa shape index (κ2) is 7.87. The van der Waals surface area contributed by atoms with Gasteiger partial charge in [0.15, 0.2) is 0 Å². The van der Waals surface area contributed by atoms with Crippen molar-refractivity contribution in [3.8, 4) is 5.75 Å². The maximum absolute atomic E-state index is 12.2. The molecule has 0 spiro atoms. The molecule has 1 aromatic carbocycles. The third kappa shape index (κ3) is 4.92. The largest absolute Gasteiger partial charge is 0.497 e. The van der Waals surface area contributed by atoms with Crippen LogP contribution in [0.2, 0.25) is 0 Å². The van der Waals surface area contributed by atoms with E-state index >= 15 is 0 Å². The summed E-state index contributed by atoms with van der Waals surface area (Å²) in [4.78, 5) is 14.1. The van der Waals surface area contributed by atoms with Crippen LogP contribution in [0, 0.1) is 0 Å². The molecule has 0 aliphatic heterocycles. The monoisotopic (exact) mass is 287 g/mol. The number of methoxy groups -OCH3 is 1. The zero-order valence-corrected chi connectivity index (χ0v) is 13.1. The van der Waals surface area contributed by atoms with Crippen molar-refractivity contribution in [2.24, 2.45) is 0 Å². The summed E-state index contributed by atoms with van der Waals surface area (Å²) >= 11 is 0. The van der Waals surface area contributed by atoms with Crippen LogP contribution in [0.3, 0.4) is 0 Å². The quantitative estimate of drug-likeness (QED) is 0.748. The molecule has 0 aromatic heterocycles. The topological polar surface area (TPSA) is 29.5 Å². The molecule has 0 unspecified atom stereocenters. The van der Waals surface area contributed by atoms with E-state index in [4.69, 9.17) is 4.74 Å². The lowest BCUT2D eigenvalue weighted by atomic mass is 9.97. The Balaban J connectivity index is 1.79. The van der Waals surface area contributed by atoms with E-state index in [-0.39, 0.29) is 5.91 Å². The zero-order chi connectivity index (χ0) is 15.1. The average Bonchev–Trinajstić information content (AvgIpc) is 2.54. The molecule has 114 valence electrons. The number of ether oxygens (including phenoxy) is 1. The van der Waals surface area contributed by atoms with Crippen LogP contribution in [-0.2, 0) is 11.2 Å². The first-order valence-corrected chi connectivity index (χ1v) is 7.74. The van der Waals surface area contributed by atoms with Gasteiger partial charge in [-0.25, -0.2) is 0 Å². The Morgan fingerprint density at radius 2 is 2.00 bits per heavy atom. The fourth-order valence-electron chi connectivity index (χ4n) is 2.62. The Morgan fingerprint density at radius 1 is 1.24 bits per heavy atom. The van der Waals surface area contributed by atoms with E-state index in [1.54, 1.807) is 7.11 Å². The first kappa shape index (κ1) is 15.6. The molecule has 0 N–H and O–H groups in total. The molecule has 1 amide bonds. The number of carbonyl (C=O) groups excluding carboxylic acids is 1. The van der Waals surface area contributed by atoms with Gasteiger partial charge >= 0.3 is 0 Å². The Bertz CT molecular complexity index is 490. The van der Waals surface area contributed by atoms with E-state index < -0.39 is 0 Å². The number of likely N-dealkylation sites (N-methyl/N-ethyl adjacent to an activating group) is 1. The first-order valence-electron chi connectivity index (χ1n) is 7.74. The summed E-state index contributed by atoms with van der Waals surface area (Å²) in [5, 5.41) is 0. The number of allylic oxidation sites excluding steroid dienone is 1. The lowest BCUT2D eigenvalue weighted by molar-refractivity contribution is -0.129. The minimum absolute atomic E-state index is 0.177. The number of carbonyl (C=O) groups is 1. The van der Waals surface area contributed by atoms with Crippen LogP contribution in [0.15, 0.2) is 35.9 Å². The molecular weight excluding hydrogens is 262 g/mol. The average molecular weight is 287 g/mol. The van der Waals surface area contributed by atoms with Crippen LogP contribution < -0.4 is 4.74 Å². The van der Waals surface area contributed by atoms with Crippen LogP contribution in [0.4, 0.5) is 0 Å². The fourth-order valence-corrected chi connectivity index (χ4v) is 2.62. The number of rotatable bonds is 6. The van der Waals surface area contributed by atoms with Crippen LogP contribution >= 0.6 is 0 Å². The highest BCUT2D eigenvalue weighted by atomic mass is 16.5. The van der Waals surface area contributed by atoms with Crippen LogP contribution in [0.25, 0.3) is 0 Å². The highest BCUT2D eigenvalue weighted by Crippen LogP contribution is 2.20. The smallest absolute Gasteiger partial charge is 0.226 e. The number of hydrogen-bond donors (Lipinski definition) is 0. The molecule has 0 saturated carbocycles. The summed E-state index contributed by atoms with van der Waals surface area (Å²) in [6, 6.07) is 7.70. The van der Waals surface area contributed by atoms with Crippen molar-refractivity contribution in [3.63, 3.8) is 0 Å². The van der Waals surface area contributed by atoms with Gasteiger partial charge < -0.3 is 9.64 Å². The highest BCUT2D eigenvalue weighted by Gasteiger charge is 2.11. The third-order valence-electron chi connectivity index (χ3n) is 4.09. The lowest BCUT2D eigenvalue weighted by Crippen LogP contribution is -2.29. The molecule has 0 heterocycles.